The third-order valence-electron chi connectivity index (χ3n) is 5.66. The van der Waals surface area contributed by atoms with Crippen LogP contribution in [0.15, 0.2) is 114 Å². The highest BCUT2D eigenvalue weighted by Crippen LogP contribution is 2.25. The van der Waals surface area contributed by atoms with Gasteiger partial charge in [0.2, 0.25) is 10.0 Å². The number of carboxylic acids is 1. The Morgan fingerprint density at radius 1 is 0.706 bits per heavy atom. The SMILES string of the molecule is O=C(O)c1ccccc1-c1ccc(CN(CCc2ccccc2)S(=O)(=O)c2ccccc2)cc1. The Bertz CT molecular complexity index is 1350. The summed E-state index contributed by atoms with van der Waals surface area (Å²) in [4.78, 5) is 11.8. The molecule has 0 spiro atoms. The molecule has 0 aromatic heterocycles. The molecule has 4 aromatic rings. The first-order chi connectivity index (χ1) is 16.4. The minimum atomic E-state index is -3.69. The van der Waals surface area contributed by atoms with Gasteiger partial charge in [0.25, 0.3) is 0 Å². The highest BCUT2D eigenvalue weighted by molar-refractivity contribution is 7.89. The van der Waals surface area contributed by atoms with Gasteiger partial charge in [0.15, 0.2) is 0 Å². The second-order valence-electron chi connectivity index (χ2n) is 7.93. The predicted molar refractivity (Wildman–Crippen MR) is 133 cm³/mol. The number of hydrogen-bond acceptors (Lipinski definition) is 3. The average Bonchev–Trinajstić information content (AvgIpc) is 2.88. The summed E-state index contributed by atoms with van der Waals surface area (Å²) >= 11 is 0. The molecule has 0 aliphatic heterocycles. The number of aromatic carboxylic acids is 1. The van der Waals surface area contributed by atoms with Crippen LogP contribution in [0.2, 0.25) is 0 Å². The first kappa shape index (κ1) is 23.4. The van der Waals surface area contributed by atoms with E-state index >= 15 is 0 Å². The zero-order chi connectivity index (χ0) is 24.0. The van der Waals surface area contributed by atoms with Gasteiger partial charge in [-0.1, -0.05) is 91.0 Å². The fraction of sp³-hybridized carbons (Fsp3) is 0.107. The van der Waals surface area contributed by atoms with Crippen LogP contribution in [0.4, 0.5) is 0 Å². The summed E-state index contributed by atoms with van der Waals surface area (Å²) < 4.78 is 28.3. The molecule has 1 N–H and O–H groups in total. The van der Waals surface area contributed by atoms with Crippen molar-refractivity contribution < 1.29 is 18.3 Å². The molecular weight excluding hydrogens is 446 g/mol. The molecule has 5 nitrogen and oxygen atoms in total. The third kappa shape index (κ3) is 5.42. The van der Waals surface area contributed by atoms with E-state index in [2.05, 4.69) is 0 Å². The van der Waals surface area contributed by atoms with Crippen LogP contribution in [-0.2, 0) is 23.0 Å². The van der Waals surface area contributed by atoms with E-state index in [0.29, 0.717) is 18.5 Å². The van der Waals surface area contributed by atoms with E-state index in [-0.39, 0.29) is 17.0 Å². The quantitative estimate of drug-likeness (QED) is 0.351. The van der Waals surface area contributed by atoms with Crippen LogP contribution >= 0.6 is 0 Å². The van der Waals surface area contributed by atoms with Crippen LogP contribution < -0.4 is 0 Å². The van der Waals surface area contributed by atoms with Crippen molar-refractivity contribution in [2.24, 2.45) is 0 Å². The summed E-state index contributed by atoms with van der Waals surface area (Å²) in [7, 11) is -3.69. The minimum absolute atomic E-state index is 0.213. The van der Waals surface area contributed by atoms with E-state index < -0.39 is 16.0 Å². The van der Waals surface area contributed by atoms with Crippen molar-refractivity contribution in [3.8, 4) is 11.1 Å². The average molecular weight is 472 g/mol. The van der Waals surface area contributed by atoms with Gasteiger partial charge in [0.1, 0.15) is 0 Å². The second kappa shape index (κ2) is 10.5. The Morgan fingerprint density at radius 2 is 1.29 bits per heavy atom. The Morgan fingerprint density at radius 3 is 1.94 bits per heavy atom. The van der Waals surface area contributed by atoms with Gasteiger partial charge in [-0.3, -0.25) is 0 Å². The number of benzene rings is 4. The molecule has 0 saturated heterocycles. The van der Waals surface area contributed by atoms with E-state index in [9.17, 15) is 18.3 Å². The molecule has 172 valence electrons. The summed E-state index contributed by atoms with van der Waals surface area (Å²) in [6.07, 6.45) is 0.594. The fourth-order valence-corrected chi connectivity index (χ4v) is 5.29. The number of sulfonamides is 1. The van der Waals surface area contributed by atoms with E-state index in [4.69, 9.17) is 0 Å². The molecule has 34 heavy (non-hydrogen) atoms. The number of hydrogen-bond donors (Lipinski definition) is 1. The van der Waals surface area contributed by atoms with Crippen LogP contribution in [0.1, 0.15) is 21.5 Å². The molecule has 0 fully saturated rings. The Hall–Kier alpha value is -3.74. The smallest absolute Gasteiger partial charge is 0.336 e. The summed E-state index contributed by atoms with van der Waals surface area (Å²) in [6.45, 7) is 0.551. The molecule has 4 aromatic carbocycles. The molecule has 0 bridgehead atoms. The zero-order valence-corrected chi connectivity index (χ0v) is 19.4. The molecule has 0 unspecified atom stereocenters. The fourth-order valence-electron chi connectivity index (χ4n) is 3.84. The molecular formula is C28H25NO4S. The molecule has 0 radical (unpaired) electrons. The van der Waals surface area contributed by atoms with Gasteiger partial charge in [-0.2, -0.15) is 4.31 Å². The van der Waals surface area contributed by atoms with Crippen molar-refractivity contribution in [3.63, 3.8) is 0 Å². The number of carbonyl (C=O) groups is 1. The van der Waals surface area contributed by atoms with Crippen molar-refractivity contribution in [3.05, 3.63) is 126 Å². The van der Waals surface area contributed by atoms with Gasteiger partial charge in [0.05, 0.1) is 10.5 Å². The normalized spacial score (nSPS) is 11.4. The second-order valence-corrected chi connectivity index (χ2v) is 9.87. The number of carboxylic acid groups (broad SMARTS) is 1. The van der Waals surface area contributed by atoms with Gasteiger partial charge >= 0.3 is 5.97 Å². The van der Waals surface area contributed by atoms with Crippen LogP contribution in [0.25, 0.3) is 11.1 Å². The largest absolute Gasteiger partial charge is 0.478 e. The summed E-state index contributed by atoms with van der Waals surface area (Å²) in [6, 6.07) is 32.5. The summed E-state index contributed by atoms with van der Waals surface area (Å²) in [5.74, 6) is -0.985. The standard InChI is InChI=1S/C28H25NO4S/c30-28(31)27-14-8-7-13-26(27)24-17-15-23(16-18-24)21-29(20-19-22-9-3-1-4-10-22)34(32,33)25-11-5-2-6-12-25/h1-18H,19-21H2,(H,30,31). The highest BCUT2D eigenvalue weighted by atomic mass is 32.2. The molecule has 0 amide bonds. The van der Waals surface area contributed by atoms with Gasteiger partial charge < -0.3 is 5.11 Å². The summed E-state index contributed by atoms with van der Waals surface area (Å²) in [5, 5.41) is 9.48. The lowest BCUT2D eigenvalue weighted by Crippen LogP contribution is -2.32. The Kier molecular flexibility index (Phi) is 7.21. The first-order valence-electron chi connectivity index (χ1n) is 11.0. The molecule has 0 heterocycles. The molecule has 4 rings (SSSR count). The predicted octanol–water partition coefficient (Wildman–Crippen LogP) is 5.49. The lowest BCUT2D eigenvalue weighted by atomic mass is 9.99. The van der Waals surface area contributed by atoms with E-state index in [1.807, 2.05) is 54.6 Å². The maximum absolute atomic E-state index is 13.4. The zero-order valence-electron chi connectivity index (χ0n) is 18.5. The van der Waals surface area contributed by atoms with Crippen LogP contribution in [-0.4, -0.2) is 30.3 Å². The third-order valence-corrected chi connectivity index (χ3v) is 7.51. The van der Waals surface area contributed by atoms with E-state index in [1.54, 1.807) is 54.6 Å². The van der Waals surface area contributed by atoms with E-state index in [1.165, 1.54) is 4.31 Å². The maximum Gasteiger partial charge on any atom is 0.336 e. The highest BCUT2D eigenvalue weighted by Gasteiger charge is 2.24. The van der Waals surface area contributed by atoms with E-state index in [0.717, 1.165) is 16.7 Å². The molecule has 0 aliphatic rings. The maximum atomic E-state index is 13.4. The number of rotatable bonds is 9. The van der Waals surface area contributed by atoms with Crippen molar-refractivity contribution >= 4 is 16.0 Å². The molecule has 0 saturated carbocycles. The lowest BCUT2D eigenvalue weighted by Gasteiger charge is -2.23. The lowest BCUT2D eigenvalue weighted by molar-refractivity contribution is 0.0697. The van der Waals surface area contributed by atoms with Crippen molar-refractivity contribution in [1.82, 2.24) is 4.31 Å². The van der Waals surface area contributed by atoms with Crippen molar-refractivity contribution in [1.29, 1.82) is 0 Å². The minimum Gasteiger partial charge on any atom is -0.478 e. The topological polar surface area (TPSA) is 74.7 Å². The monoisotopic (exact) mass is 471 g/mol. The Labute approximate surface area is 200 Å². The first-order valence-corrected chi connectivity index (χ1v) is 12.4. The van der Waals surface area contributed by atoms with Crippen molar-refractivity contribution in [2.75, 3.05) is 6.54 Å². The van der Waals surface area contributed by atoms with Crippen LogP contribution in [0.3, 0.4) is 0 Å². The molecule has 0 atom stereocenters. The van der Waals surface area contributed by atoms with Gasteiger partial charge in [-0.05, 0) is 46.9 Å². The number of nitrogens with zero attached hydrogens (tertiary/aromatic N) is 1. The van der Waals surface area contributed by atoms with Gasteiger partial charge in [-0.25, -0.2) is 13.2 Å². The van der Waals surface area contributed by atoms with Crippen LogP contribution in [0, 0.1) is 0 Å². The van der Waals surface area contributed by atoms with Gasteiger partial charge in [0, 0.05) is 13.1 Å². The van der Waals surface area contributed by atoms with Crippen LogP contribution in [0.5, 0.6) is 0 Å². The molecule has 6 heteroatoms. The van der Waals surface area contributed by atoms with Gasteiger partial charge in [-0.15, -0.1) is 0 Å². The van der Waals surface area contributed by atoms with Crippen molar-refractivity contribution in [2.45, 2.75) is 17.9 Å². The summed E-state index contributed by atoms with van der Waals surface area (Å²) in [5.41, 5.74) is 3.51. The molecule has 0 aliphatic carbocycles. The Balaban J connectivity index is 1.60.